The zero-order valence-electron chi connectivity index (χ0n) is 12.2. The van der Waals surface area contributed by atoms with E-state index in [0.29, 0.717) is 24.9 Å². The standard InChI is InChI=1S/C12H19N5O3S/c1-3-20-11(19)9-5-4-6-17(7-9)10(18)8-21-12-13-14-15-16(12)2/h9H,3-8H2,1-2H3/t9-/m1/s1. The third-order valence-corrected chi connectivity index (χ3v) is 4.30. The van der Waals surface area contributed by atoms with Crippen LogP contribution in [0.15, 0.2) is 5.16 Å². The molecule has 0 radical (unpaired) electrons. The molecule has 0 saturated carbocycles. The minimum absolute atomic E-state index is 0.00278. The van der Waals surface area contributed by atoms with E-state index in [2.05, 4.69) is 15.5 Å². The molecule has 2 heterocycles. The van der Waals surface area contributed by atoms with Crippen molar-refractivity contribution >= 4 is 23.6 Å². The molecule has 116 valence electrons. The predicted octanol–water partition coefficient (Wildman–Crippen LogP) is 0.104. The molecule has 21 heavy (non-hydrogen) atoms. The van der Waals surface area contributed by atoms with Crippen LogP contribution in [0.4, 0.5) is 0 Å². The summed E-state index contributed by atoms with van der Waals surface area (Å²) in [6.45, 7) is 3.29. The van der Waals surface area contributed by atoms with E-state index in [9.17, 15) is 9.59 Å². The molecule has 0 spiro atoms. The van der Waals surface area contributed by atoms with Crippen molar-refractivity contribution in [3.05, 3.63) is 0 Å². The minimum atomic E-state index is -0.208. The van der Waals surface area contributed by atoms with Crippen LogP contribution < -0.4 is 0 Å². The highest BCUT2D eigenvalue weighted by Crippen LogP contribution is 2.20. The van der Waals surface area contributed by atoms with Crippen LogP contribution in [0.1, 0.15) is 19.8 Å². The average Bonchev–Trinajstić information content (AvgIpc) is 2.90. The Hall–Kier alpha value is -1.64. The number of nitrogens with zero attached hydrogens (tertiary/aromatic N) is 5. The summed E-state index contributed by atoms with van der Waals surface area (Å²) in [7, 11) is 1.73. The number of aromatic nitrogens is 4. The molecule has 1 fully saturated rings. The van der Waals surface area contributed by atoms with Crippen LogP contribution in [-0.2, 0) is 21.4 Å². The van der Waals surface area contributed by atoms with Gasteiger partial charge in [0.2, 0.25) is 11.1 Å². The molecule has 8 nitrogen and oxygen atoms in total. The number of likely N-dealkylation sites (tertiary alicyclic amines) is 1. The first-order valence-electron chi connectivity index (χ1n) is 6.91. The van der Waals surface area contributed by atoms with E-state index in [1.54, 1.807) is 18.9 Å². The number of aryl methyl sites for hydroxylation is 1. The van der Waals surface area contributed by atoms with E-state index in [1.165, 1.54) is 16.4 Å². The maximum absolute atomic E-state index is 12.2. The van der Waals surface area contributed by atoms with Gasteiger partial charge in [0.15, 0.2) is 0 Å². The van der Waals surface area contributed by atoms with Gasteiger partial charge in [0.1, 0.15) is 0 Å². The van der Waals surface area contributed by atoms with Gasteiger partial charge >= 0.3 is 5.97 Å². The van der Waals surface area contributed by atoms with E-state index in [-0.39, 0.29) is 23.5 Å². The number of ether oxygens (including phenoxy) is 1. The quantitative estimate of drug-likeness (QED) is 0.562. The number of thioether (sulfide) groups is 1. The monoisotopic (exact) mass is 313 g/mol. The molecule has 1 aromatic rings. The van der Waals surface area contributed by atoms with Gasteiger partial charge in [-0.15, -0.1) is 5.10 Å². The van der Waals surface area contributed by atoms with Gasteiger partial charge in [-0.2, -0.15) is 0 Å². The Bertz CT molecular complexity index is 507. The number of hydrogen-bond donors (Lipinski definition) is 0. The molecule has 1 amide bonds. The summed E-state index contributed by atoms with van der Waals surface area (Å²) in [6.07, 6.45) is 1.61. The molecule has 1 aromatic heterocycles. The maximum atomic E-state index is 12.2. The van der Waals surface area contributed by atoms with Crippen molar-refractivity contribution in [3.63, 3.8) is 0 Å². The Balaban J connectivity index is 1.84. The summed E-state index contributed by atoms with van der Waals surface area (Å²) in [5.74, 6) is -0.148. The van der Waals surface area contributed by atoms with Crippen LogP contribution in [0.25, 0.3) is 0 Å². The molecule has 0 aliphatic carbocycles. The zero-order chi connectivity index (χ0) is 15.2. The Kier molecular flexibility index (Phi) is 5.54. The minimum Gasteiger partial charge on any atom is -0.466 e. The van der Waals surface area contributed by atoms with Crippen molar-refractivity contribution in [2.45, 2.75) is 24.9 Å². The van der Waals surface area contributed by atoms with Gasteiger partial charge in [0.05, 0.1) is 18.3 Å². The lowest BCUT2D eigenvalue weighted by Gasteiger charge is -2.31. The van der Waals surface area contributed by atoms with Crippen LogP contribution >= 0.6 is 11.8 Å². The van der Waals surface area contributed by atoms with E-state index >= 15 is 0 Å². The van der Waals surface area contributed by atoms with Gasteiger partial charge in [-0.25, -0.2) is 4.68 Å². The summed E-state index contributed by atoms with van der Waals surface area (Å²) in [5.41, 5.74) is 0. The lowest BCUT2D eigenvalue weighted by Crippen LogP contribution is -2.43. The molecule has 0 bridgehead atoms. The third-order valence-electron chi connectivity index (χ3n) is 3.30. The lowest BCUT2D eigenvalue weighted by atomic mass is 9.98. The second-order valence-corrected chi connectivity index (χ2v) is 5.75. The molecule has 1 atom stereocenters. The number of amides is 1. The van der Waals surface area contributed by atoms with Crippen LogP contribution in [0.5, 0.6) is 0 Å². The van der Waals surface area contributed by atoms with E-state index in [4.69, 9.17) is 4.74 Å². The Morgan fingerprint density at radius 2 is 2.29 bits per heavy atom. The molecule has 2 rings (SSSR count). The highest BCUT2D eigenvalue weighted by atomic mass is 32.2. The molecule has 9 heteroatoms. The first-order chi connectivity index (χ1) is 10.1. The Morgan fingerprint density at radius 1 is 1.48 bits per heavy atom. The van der Waals surface area contributed by atoms with Crippen LogP contribution in [0, 0.1) is 5.92 Å². The van der Waals surface area contributed by atoms with Crippen LogP contribution in [-0.4, -0.2) is 62.4 Å². The molecule has 1 aliphatic rings. The summed E-state index contributed by atoms with van der Waals surface area (Å²) < 4.78 is 6.56. The van der Waals surface area contributed by atoms with Crippen LogP contribution in [0.3, 0.4) is 0 Å². The number of esters is 1. The second-order valence-electron chi connectivity index (χ2n) is 4.80. The smallest absolute Gasteiger partial charge is 0.310 e. The molecule has 0 N–H and O–H groups in total. The van der Waals surface area contributed by atoms with Gasteiger partial charge < -0.3 is 9.64 Å². The summed E-state index contributed by atoms with van der Waals surface area (Å²) in [6, 6.07) is 0. The molecular weight excluding hydrogens is 294 g/mol. The van der Waals surface area contributed by atoms with Gasteiger partial charge in [0, 0.05) is 20.1 Å². The van der Waals surface area contributed by atoms with Crippen molar-refractivity contribution in [3.8, 4) is 0 Å². The normalized spacial score (nSPS) is 18.6. The Labute approximate surface area is 127 Å². The third kappa shape index (κ3) is 4.16. The van der Waals surface area contributed by atoms with E-state index in [1.807, 2.05) is 0 Å². The average molecular weight is 313 g/mol. The highest BCUT2D eigenvalue weighted by molar-refractivity contribution is 7.99. The number of rotatable bonds is 5. The number of tetrazole rings is 1. The van der Waals surface area contributed by atoms with Gasteiger partial charge in [-0.3, -0.25) is 9.59 Å². The number of carbonyl (C=O) groups is 2. The largest absolute Gasteiger partial charge is 0.466 e. The fourth-order valence-electron chi connectivity index (χ4n) is 2.22. The SMILES string of the molecule is CCOC(=O)[C@@H]1CCCN(C(=O)CSc2nnnn2C)C1. The van der Waals surface area contributed by atoms with Gasteiger partial charge in [0.25, 0.3) is 0 Å². The van der Waals surface area contributed by atoms with E-state index < -0.39 is 0 Å². The summed E-state index contributed by atoms with van der Waals surface area (Å²) in [5, 5.41) is 11.7. The fourth-order valence-corrected chi connectivity index (χ4v) is 2.97. The molecule has 0 aromatic carbocycles. The van der Waals surface area contributed by atoms with Crippen molar-refractivity contribution in [2.24, 2.45) is 13.0 Å². The van der Waals surface area contributed by atoms with Gasteiger partial charge in [-0.05, 0) is 30.2 Å². The number of hydrogen-bond acceptors (Lipinski definition) is 7. The van der Waals surface area contributed by atoms with Crippen LogP contribution in [0.2, 0.25) is 0 Å². The number of carbonyl (C=O) groups excluding carboxylic acids is 2. The first-order valence-corrected chi connectivity index (χ1v) is 7.90. The summed E-state index contributed by atoms with van der Waals surface area (Å²) >= 11 is 1.29. The van der Waals surface area contributed by atoms with Crippen molar-refractivity contribution < 1.29 is 14.3 Å². The maximum Gasteiger partial charge on any atom is 0.310 e. The first kappa shape index (κ1) is 15.7. The molecular formula is C12H19N5O3S. The fraction of sp³-hybridized carbons (Fsp3) is 0.750. The molecule has 0 unspecified atom stereocenters. The van der Waals surface area contributed by atoms with Crippen molar-refractivity contribution in [2.75, 3.05) is 25.4 Å². The lowest BCUT2D eigenvalue weighted by molar-refractivity contribution is -0.151. The Morgan fingerprint density at radius 3 is 2.95 bits per heavy atom. The highest BCUT2D eigenvalue weighted by Gasteiger charge is 2.29. The zero-order valence-corrected chi connectivity index (χ0v) is 13.0. The van der Waals surface area contributed by atoms with Crippen molar-refractivity contribution in [1.29, 1.82) is 0 Å². The summed E-state index contributed by atoms with van der Waals surface area (Å²) in [4.78, 5) is 25.7. The molecule has 1 saturated heterocycles. The van der Waals surface area contributed by atoms with E-state index in [0.717, 1.165) is 12.8 Å². The topological polar surface area (TPSA) is 90.2 Å². The van der Waals surface area contributed by atoms with Crippen molar-refractivity contribution in [1.82, 2.24) is 25.1 Å². The van der Waals surface area contributed by atoms with Gasteiger partial charge in [-0.1, -0.05) is 11.8 Å². The number of piperidine rings is 1. The molecule has 1 aliphatic heterocycles. The second kappa shape index (κ2) is 7.39. The predicted molar refractivity (Wildman–Crippen MR) is 75.5 cm³/mol.